The van der Waals surface area contributed by atoms with Crippen molar-refractivity contribution in [2.45, 2.75) is 18.9 Å². The van der Waals surface area contributed by atoms with Gasteiger partial charge in [0.25, 0.3) is 5.91 Å². The van der Waals surface area contributed by atoms with Crippen LogP contribution in [0.2, 0.25) is 5.02 Å². The Morgan fingerprint density at radius 1 is 1.07 bits per heavy atom. The number of carbonyl (C=O) groups is 2. The van der Waals surface area contributed by atoms with E-state index in [9.17, 15) is 9.59 Å². The van der Waals surface area contributed by atoms with Crippen molar-refractivity contribution in [1.82, 2.24) is 15.1 Å². The van der Waals surface area contributed by atoms with Crippen molar-refractivity contribution in [2.75, 3.05) is 33.2 Å². The van der Waals surface area contributed by atoms with Crippen LogP contribution in [0.5, 0.6) is 0 Å². The lowest BCUT2D eigenvalue weighted by atomic mass is 10.0. The van der Waals surface area contributed by atoms with Gasteiger partial charge in [0.2, 0.25) is 5.91 Å². The first kappa shape index (κ1) is 20.4. The Balaban J connectivity index is 1.50. The quantitative estimate of drug-likeness (QED) is 0.758. The maximum absolute atomic E-state index is 12.8. The third-order valence-electron chi connectivity index (χ3n) is 5.05. The van der Waals surface area contributed by atoms with Crippen LogP contribution >= 0.6 is 11.6 Å². The molecule has 2 aromatic carbocycles. The molecule has 0 spiro atoms. The number of nitrogens with one attached hydrogen (secondary N) is 1. The summed E-state index contributed by atoms with van der Waals surface area (Å²) in [6, 6.07) is 17.0. The normalized spacial score (nSPS) is 17.4. The smallest absolute Gasteiger partial charge is 0.251 e. The molecule has 0 aliphatic carbocycles. The van der Waals surface area contributed by atoms with E-state index in [0.717, 1.165) is 19.6 Å². The van der Waals surface area contributed by atoms with E-state index in [1.807, 2.05) is 23.1 Å². The van der Waals surface area contributed by atoms with E-state index in [1.54, 1.807) is 24.3 Å². The summed E-state index contributed by atoms with van der Waals surface area (Å²) in [5.41, 5.74) is 1.73. The van der Waals surface area contributed by atoms with Gasteiger partial charge in [0.05, 0.1) is 6.04 Å². The molecule has 28 heavy (non-hydrogen) atoms. The van der Waals surface area contributed by atoms with Crippen LogP contribution in [0.4, 0.5) is 0 Å². The third-order valence-corrected chi connectivity index (χ3v) is 5.30. The predicted molar refractivity (Wildman–Crippen MR) is 111 cm³/mol. The van der Waals surface area contributed by atoms with Crippen LogP contribution in [0.1, 0.15) is 34.8 Å². The minimum atomic E-state index is -0.147. The third kappa shape index (κ3) is 5.33. The Morgan fingerprint density at radius 2 is 1.79 bits per heavy atom. The van der Waals surface area contributed by atoms with E-state index in [4.69, 9.17) is 11.6 Å². The highest BCUT2D eigenvalue weighted by Crippen LogP contribution is 2.25. The lowest BCUT2D eigenvalue weighted by Gasteiger charge is -2.40. The first-order valence-corrected chi connectivity index (χ1v) is 9.99. The number of hydrogen-bond donors (Lipinski definition) is 1. The summed E-state index contributed by atoms with van der Waals surface area (Å²) in [4.78, 5) is 29.2. The lowest BCUT2D eigenvalue weighted by molar-refractivity contribution is -0.136. The number of piperazine rings is 1. The topological polar surface area (TPSA) is 52.6 Å². The average Bonchev–Trinajstić information content (AvgIpc) is 2.72. The Labute approximate surface area is 171 Å². The van der Waals surface area contributed by atoms with Gasteiger partial charge in [0.1, 0.15) is 0 Å². The van der Waals surface area contributed by atoms with Crippen LogP contribution in [0.25, 0.3) is 0 Å². The van der Waals surface area contributed by atoms with Crippen LogP contribution in [0, 0.1) is 0 Å². The van der Waals surface area contributed by atoms with Crippen molar-refractivity contribution in [3.8, 4) is 0 Å². The monoisotopic (exact) mass is 399 g/mol. The summed E-state index contributed by atoms with van der Waals surface area (Å²) in [5.74, 6) is -0.00595. The average molecular weight is 400 g/mol. The molecule has 2 aromatic rings. The maximum Gasteiger partial charge on any atom is 0.251 e. The van der Waals surface area contributed by atoms with E-state index in [1.165, 1.54) is 5.56 Å². The zero-order valence-electron chi connectivity index (χ0n) is 16.1. The molecule has 1 N–H and O–H groups in total. The Morgan fingerprint density at radius 3 is 2.50 bits per heavy atom. The molecule has 148 valence electrons. The summed E-state index contributed by atoms with van der Waals surface area (Å²) in [7, 11) is 2.09. The number of rotatable bonds is 6. The molecule has 0 radical (unpaired) electrons. The molecule has 0 bridgehead atoms. The molecule has 1 aliphatic heterocycles. The molecule has 1 atom stereocenters. The van der Waals surface area contributed by atoms with E-state index >= 15 is 0 Å². The summed E-state index contributed by atoms with van der Waals surface area (Å²) >= 11 is 5.84. The molecule has 0 aromatic heterocycles. The highest BCUT2D eigenvalue weighted by molar-refractivity contribution is 6.30. The molecule has 5 nitrogen and oxygen atoms in total. The van der Waals surface area contributed by atoms with E-state index < -0.39 is 0 Å². The predicted octanol–water partition coefficient (Wildman–Crippen LogP) is 3.37. The van der Waals surface area contributed by atoms with E-state index in [2.05, 4.69) is 29.4 Å². The van der Waals surface area contributed by atoms with Crippen molar-refractivity contribution in [3.05, 3.63) is 70.7 Å². The van der Waals surface area contributed by atoms with Crippen molar-refractivity contribution >= 4 is 23.4 Å². The van der Waals surface area contributed by atoms with E-state index in [-0.39, 0.29) is 17.9 Å². The van der Waals surface area contributed by atoms with Gasteiger partial charge in [-0.25, -0.2) is 0 Å². The number of carbonyl (C=O) groups excluding carboxylic acids is 2. The molecule has 2 amide bonds. The van der Waals surface area contributed by atoms with Gasteiger partial charge in [0.15, 0.2) is 0 Å². The number of nitrogens with zero attached hydrogens (tertiary/aromatic N) is 2. The summed E-state index contributed by atoms with van der Waals surface area (Å²) in [5, 5.41) is 3.47. The standard InChI is InChI=1S/C22H26ClN3O2/c1-25-14-15-26(20(16-25)17-6-3-2-4-7-17)21(27)8-5-13-24-22(28)18-9-11-19(23)12-10-18/h2-4,6-7,9-12,20H,5,8,13-16H2,1H3,(H,24,28)/t20-/m0/s1. The largest absolute Gasteiger partial charge is 0.352 e. The second-order valence-electron chi connectivity index (χ2n) is 7.14. The lowest BCUT2D eigenvalue weighted by Crippen LogP contribution is -2.49. The summed E-state index contributed by atoms with van der Waals surface area (Å²) in [6.45, 7) is 2.91. The Kier molecular flexibility index (Phi) is 7.06. The molecular formula is C22H26ClN3O2. The second kappa shape index (κ2) is 9.71. The number of likely N-dealkylation sites (N-methyl/N-ethyl adjacent to an activating group) is 1. The maximum atomic E-state index is 12.8. The van der Waals surface area contributed by atoms with E-state index in [0.29, 0.717) is 30.0 Å². The fourth-order valence-corrected chi connectivity index (χ4v) is 3.59. The highest BCUT2D eigenvalue weighted by Gasteiger charge is 2.29. The van der Waals surface area contributed by atoms with Crippen LogP contribution in [-0.4, -0.2) is 54.8 Å². The van der Waals surface area contributed by atoms with Gasteiger partial charge < -0.3 is 15.1 Å². The van der Waals surface area contributed by atoms with Crippen LogP contribution in [0.3, 0.4) is 0 Å². The van der Waals surface area contributed by atoms with Gasteiger partial charge in [0, 0.05) is 43.2 Å². The molecule has 0 unspecified atom stereocenters. The van der Waals surface area contributed by atoms with Crippen molar-refractivity contribution in [2.24, 2.45) is 0 Å². The van der Waals surface area contributed by atoms with Gasteiger partial charge in [-0.1, -0.05) is 41.9 Å². The first-order valence-electron chi connectivity index (χ1n) is 9.61. The highest BCUT2D eigenvalue weighted by atomic mass is 35.5. The summed E-state index contributed by atoms with van der Waals surface area (Å²) < 4.78 is 0. The van der Waals surface area contributed by atoms with Gasteiger partial charge >= 0.3 is 0 Å². The molecule has 1 saturated heterocycles. The van der Waals surface area contributed by atoms with Gasteiger partial charge in [-0.05, 0) is 43.3 Å². The van der Waals surface area contributed by atoms with Crippen LogP contribution in [0.15, 0.2) is 54.6 Å². The van der Waals surface area contributed by atoms with Crippen molar-refractivity contribution < 1.29 is 9.59 Å². The molecule has 3 rings (SSSR count). The second-order valence-corrected chi connectivity index (χ2v) is 7.58. The van der Waals surface area contributed by atoms with Crippen LogP contribution in [-0.2, 0) is 4.79 Å². The molecular weight excluding hydrogens is 374 g/mol. The van der Waals surface area contributed by atoms with Gasteiger partial charge in [-0.2, -0.15) is 0 Å². The number of hydrogen-bond acceptors (Lipinski definition) is 3. The summed E-state index contributed by atoms with van der Waals surface area (Å²) in [6.07, 6.45) is 1.04. The Bertz CT molecular complexity index is 795. The first-order chi connectivity index (χ1) is 13.5. The number of benzene rings is 2. The fourth-order valence-electron chi connectivity index (χ4n) is 3.47. The molecule has 1 aliphatic rings. The zero-order valence-corrected chi connectivity index (χ0v) is 16.9. The van der Waals surface area contributed by atoms with Crippen molar-refractivity contribution in [3.63, 3.8) is 0 Å². The number of amides is 2. The Hall–Kier alpha value is -2.37. The fraction of sp³-hybridized carbons (Fsp3) is 0.364. The minimum Gasteiger partial charge on any atom is -0.352 e. The van der Waals surface area contributed by atoms with Gasteiger partial charge in [-0.15, -0.1) is 0 Å². The van der Waals surface area contributed by atoms with Crippen molar-refractivity contribution in [1.29, 1.82) is 0 Å². The molecule has 6 heteroatoms. The molecule has 1 fully saturated rings. The zero-order chi connectivity index (χ0) is 19.9. The van der Waals surface area contributed by atoms with Crippen LogP contribution < -0.4 is 5.32 Å². The molecule has 0 saturated carbocycles. The SMILES string of the molecule is CN1CCN(C(=O)CCCNC(=O)c2ccc(Cl)cc2)[C@H](c2ccccc2)C1. The minimum absolute atomic E-state index is 0.0797. The van der Waals surface area contributed by atoms with Gasteiger partial charge in [-0.3, -0.25) is 9.59 Å². The number of halogens is 1. The molecule has 1 heterocycles.